The number of H-pyrrole nitrogens is 1. The standard InChI is InChI=1S/C9H15N3S/c1-9(2)4-3-6-7(5-9)12(10)8(13)11-6/h3-5,10H2,1-2H3,(H,11,13). The van der Waals surface area contributed by atoms with Gasteiger partial charge in [0.2, 0.25) is 0 Å². The molecule has 1 aliphatic carbocycles. The quantitative estimate of drug-likeness (QED) is 0.492. The molecule has 1 aliphatic rings. The van der Waals surface area contributed by atoms with Crippen molar-refractivity contribution < 1.29 is 0 Å². The summed E-state index contributed by atoms with van der Waals surface area (Å²) in [7, 11) is 0. The van der Waals surface area contributed by atoms with E-state index in [1.807, 2.05) is 0 Å². The van der Waals surface area contributed by atoms with E-state index in [-0.39, 0.29) is 0 Å². The van der Waals surface area contributed by atoms with Gasteiger partial charge in [0.1, 0.15) is 0 Å². The Morgan fingerprint density at radius 2 is 2.23 bits per heavy atom. The number of nitrogens with zero attached hydrogens (tertiary/aromatic N) is 1. The Hall–Kier alpha value is -0.770. The molecule has 13 heavy (non-hydrogen) atoms. The van der Waals surface area contributed by atoms with Crippen LogP contribution < -0.4 is 5.84 Å². The van der Waals surface area contributed by atoms with Gasteiger partial charge in [-0.25, -0.2) is 4.68 Å². The number of nitrogens with one attached hydrogen (secondary N) is 1. The van der Waals surface area contributed by atoms with Crippen LogP contribution in [0.2, 0.25) is 0 Å². The number of aromatic nitrogens is 2. The van der Waals surface area contributed by atoms with E-state index in [2.05, 4.69) is 18.8 Å². The third-order valence-electron chi connectivity index (χ3n) is 2.81. The topological polar surface area (TPSA) is 46.7 Å². The van der Waals surface area contributed by atoms with Crippen LogP contribution in [0.1, 0.15) is 31.7 Å². The van der Waals surface area contributed by atoms with E-state index in [9.17, 15) is 0 Å². The molecule has 0 radical (unpaired) electrons. The Balaban J connectivity index is 2.50. The summed E-state index contributed by atoms with van der Waals surface area (Å²) in [5, 5.41) is 0. The molecule has 0 bridgehead atoms. The van der Waals surface area contributed by atoms with E-state index >= 15 is 0 Å². The molecule has 1 aromatic heterocycles. The lowest BCUT2D eigenvalue weighted by Crippen LogP contribution is -2.26. The van der Waals surface area contributed by atoms with Gasteiger partial charge in [-0.05, 0) is 36.9 Å². The SMILES string of the molecule is CC1(C)CCc2[nH]c(=S)n(N)c2C1. The Morgan fingerprint density at radius 3 is 2.92 bits per heavy atom. The van der Waals surface area contributed by atoms with Crippen molar-refractivity contribution in [2.75, 3.05) is 5.84 Å². The third-order valence-corrected chi connectivity index (χ3v) is 3.11. The van der Waals surface area contributed by atoms with Crippen molar-refractivity contribution in [1.82, 2.24) is 9.66 Å². The Kier molecular flexibility index (Phi) is 1.77. The average molecular weight is 197 g/mol. The van der Waals surface area contributed by atoms with Gasteiger partial charge in [0.05, 0.1) is 5.69 Å². The van der Waals surface area contributed by atoms with Crippen LogP contribution in [-0.2, 0) is 12.8 Å². The van der Waals surface area contributed by atoms with Gasteiger partial charge >= 0.3 is 0 Å². The van der Waals surface area contributed by atoms with Crippen molar-refractivity contribution in [2.24, 2.45) is 5.41 Å². The molecule has 2 rings (SSSR count). The molecule has 72 valence electrons. The first kappa shape index (κ1) is 8.81. The van der Waals surface area contributed by atoms with Crippen molar-refractivity contribution >= 4 is 12.2 Å². The predicted octanol–water partition coefficient (Wildman–Crippen LogP) is 1.77. The minimum absolute atomic E-state index is 0.359. The summed E-state index contributed by atoms with van der Waals surface area (Å²) in [6.07, 6.45) is 3.29. The molecule has 0 atom stereocenters. The van der Waals surface area contributed by atoms with Crippen LogP contribution in [0.25, 0.3) is 0 Å². The van der Waals surface area contributed by atoms with Gasteiger partial charge in [-0.3, -0.25) is 0 Å². The molecular weight excluding hydrogens is 182 g/mol. The second-order valence-corrected chi connectivity index (χ2v) is 4.95. The summed E-state index contributed by atoms with van der Waals surface area (Å²) in [4.78, 5) is 3.16. The van der Waals surface area contributed by atoms with E-state index in [4.69, 9.17) is 18.1 Å². The summed E-state index contributed by atoms with van der Waals surface area (Å²) in [6.45, 7) is 4.54. The number of imidazole rings is 1. The normalized spacial score (nSPS) is 19.8. The van der Waals surface area contributed by atoms with Gasteiger partial charge < -0.3 is 10.8 Å². The number of rotatable bonds is 0. The van der Waals surface area contributed by atoms with Gasteiger partial charge in [-0.2, -0.15) is 0 Å². The smallest absolute Gasteiger partial charge is 0.196 e. The third kappa shape index (κ3) is 1.39. The van der Waals surface area contributed by atoms with E-state index in [0.717, 1.165) is 12.8 Å². The molecule has 1 heterocycles. The molecule has 0 unspecified atom stereocenters. The number of aryl methyl sites for hydroxylation is 1. The Bertz CT molecular complexity index is 386. The molecule has 4 heteroatoms. The first-order chi connectivity index (χ1) is 5.99. The monoisotopic (exact) mass is 197 g/mol. The van der Waals surface area contributed by atoms with Gasteiger partial charge in [0.15, 0.2) is 4.77 Å². The lowest BCUT2D eigenvalue weighted by atomic mass is 9.78. The summed E-state index contributed by atoms with van der Waals surface area (Å²) in [5.41, 5.74) is 2.77. The minimum atomic E-state index is 0.359. The zero-order valence-corrected chi connectivity index (χ0v) is 8.87. The molecule has 3 nitrogen and oxygen atoms in total. The molecule has 0 fully saturated rings. The fraction of sp³-hybridized carbons (Fsp3) is 0.667. The van der Waals surface area contributed by atoms with Crippen LogP contribution in [0.4, 0.5) is 0 Å². The Morgan fingerprint density at radius 1 is 1.54 bits per heavy atom. The zero-order chi connectivity index (χ0) is 9.64. The van der Waals surface area contributed by atoms with Gasteiger partial charge in [0.25, 0.3) is 0 Å². The first-order valence-corrected chi connectivity index (χ1v) is 4.98. The van der Waals surface area contributed by atoms with Crippen molar-refractivity contribution in [3.8, 4) is 0 Å². The van der Waals surface area contributed by atoms with Crippen LogP contribution in [-0.4, -0.2) is 9.66 Å². The van der Waals surface area contributed by atoms with Crippen LogP contribution in [0.5, 0.6) is 0 Å². The second-order valence-electron chi connectivity index (χ2n) is 4.57. The van der Waals surface area contributed by atoms with E-state index in [1.165, 1.54) is 17.8 Å². The summed E-state index contributed by atoms with van der Waals surface area (Å²) < 4.78 is 2.26. The summed E-state index contributed by atoms with van der Waals surface area (Å²) >= 11 is 5.08. The fourth-order valence-corrected chi connectivity index (χ4v) is 2.17. The predicted molar refractivity (Wildman–Crippen MR) is 55.6 cm³/mol. The van der Waals surface area contributed by atoms with Crippen molar-refractivity contribution in [3.05, 3.63) is 16.2 Å². The average Bonchev–Trinajstić information content (AvgIpc) is 2.29. The van der Waals surface area contributed by atoms with Crippen LogP contribution >= 0.6 is 12.2 Å². The Labute approximate surface area is 82.9 Å². The molecule has 0 amide bonds. The maximum atomic E-state index is 5.83. The maximum absolute atomic E-state index is 5.83. The minimum Gasteiger partial charge on any atom is -0.337 e. The number of hydrogen-bond donors (Lipinski definition) is 2. The molecule has 0 saturated carbocycles. The summed E-state index contributed by atoms with van der Waals surface area (Å²) in [6, 6.07) is 0. The maximum Gasteiger partial charge on any atom is 0.196 e. The molecule has 3 N–H and O–H groups in total. The fourth-order valence-electron chi connectivity index (χ4n) is 1.93. The molecule has 0 aliphatic heterocycles. The van der Waals surface area contributed by atoms with Crippen molar-refractivity contribution in [2.45, 2.75) is 33.1 Å². The highest BCUT2D eigenvalue weighted by atomic mass is 32.1. The highest BCUT2D eigenvalue weighted by Gasteiger charge is 2.28. The number of fused-ring (bicyclic) bond motifs is 1. The molecule has 0 spiro atoms. The van der Waals surface area contributed by atoms with Crippen LogP contribution in [0.15, 0.2) is 0 Å². The van der Waals surface area contributed by atoms with Crippen LogP contribution in [0.3, 0.4) is 0 Å². The lowest BCUT2D eigenvalue weighted by Gasteiger charge is -2.29. The van der Waals surface area contributed by atoms with Gasteiger partial charge in [-0.15, -0.1) is 0 Å². The highest BCUT2D eigenvalue weighted by Crippen LogP contribution is 2.33. The first-order valence-electron chi connectivity index (χ1n) is 4.57. The molecule has 1 aromatic rings. The van der Waals surface area contributed by atoms with Crippen molar-refractivity contribution in [3.63, 3.8) is 0 Å². The highest BCUT2D eigenvalue weighted by molar-refractivity contribution is 7.71. The number of nitrogens with two attached hydrogens (primary N) is 1. The largest absolute Gasteiger partial charge is 0.337 e. The second kappa shape index (κ2) is 2.61. The van der Waals surface area contributed by atoms with E-state index in [0.29, 0.717) is 10.2 Å². The number of aromatic amines is 1. The molecule has 0 aromatic carbocycles. The van der Waals surface area contributed by atoms with Crippen LogP contribution in [0, 0.1) is 10.2 Å². The molecule has 0 saturated heterocycles. The van der Waals surface area contributed by atoms with Gasteiger partial charge in [0, 0.05) is 5.69 Å². The summed E-state index contributed by atoms with van der Waals surface area (Å²) in [5.74, 6) is 5.83. The lowest BCUT2D eigenvalue weighted by molar-refractivity contribution is 0.307. The van der Waals surface area contributed by atoms with Crippen molar-refractivity contribution in [1.29, 1.82) is 0 Å². The number of nitrogen functional groups attached to an aromatic ring is 1. The molecular formula is C9H15N3S. The van der Waals surface area contributed by atoms with E-state index in [1.54, 1.807) is 4.68 Å². The zero-order valence-electron chi connectivity index (χ0n) is 8.05. The number of hydrogen-bond acceptors (Lipinski definition) is 2. The van der Waals surface area contributed by atoms with E-state index < -0.39 is 0 Å². The van der Waals surface area contributed by atoms with Gasteiger partial charge in [-0.1, -0.05) is 13.8 Å².